The van der Waals surface area contributed by atoms with Crippen molar-refractivity contribution in [2.75, 3.05) is 25.0 Å². The number of hydrogen-bond acceptors (Lipinski definition) is 3. The number of rotatable bonds is 6. The zero-order valence-corrected chi connectivity index (χ0v) is 12.6. The molecule has 1 aromatic carbocycles. The molecule has 1 atom stereocenters. The summed E-state index contributed by atoms with van der Waals surface area (Å²) in [6.45, 7) is 3.76. The summed E-state index contributed by atoms with van der Waals surface area (Å²) in [6, 6.07) is 7.63. The fourth-order valence-electron chi connectivity index (χ4n) is 2.44. The predicted octanol–water partition coefficient (Wildman–Crippen LogP) is 1.88. The average molecular weight is 291 g/mol. The first-order chi connectivity index (χ1) is 10.1. The summed E-state index contributed by atoms with van der Waals surface area (Å²) < 4.78 is 0. The van der Waals surface area contributed by atoms with E-state index >= 15 is 0 Å². The highest BCUT2D eigenvalue weighted by atomic mass is 16.3. The highest BCUT2D eigenvalue weighted by Crippen LogP contribution is 2.13. The smallest absolute Gasteiger partial charge is 0.319 e. The largest absolute Gasteiger partial charge is 0.387 e. The summed E-state index contributed by atoms with van der Waals surface area (Å²) in [7, 11) is 0. The van der Waals surface area contributed by atoms with Crippen molar-refractivity contribution in [3.05, 3.63) is 29.8 Å². The average Bonchev–Trinajstić information content (AvgIpc) is 2.92. The van der Waals surface area contributed by atoms with Crippen molar-refractivity contribution >= 4 is 11.7 Å². The summed E-state index contributed by atoms with van der Waals surface area (Å²) >= 11 is 0. The minimum atomic E-state index is -0.818. The summed E-state index contributed by atoms with van der Waals surface area (Å²) in [5.74, 6) is 0. The number of nitrogens with one attached hydrogen (secondary N) is 3. The Morgan fingerprint density at radius 3 is 2.76 bits per heavy atom. The van der Waals surface area contributed by atoms with Gasteiger partial charge in [-0.05, 0) is 43.5 Å². The first-order valence-electron chi connectivity index (χ1n) is 7.68. The minimum absolute atomic E-state index is 0.264. The monoisotopic (exact) mass is 291 g/mol. The van der Waals surface area contributed by atoms with Crippen LogP contribution in [0.4, 0.5) is 10.5 Å². The van der Waals surface area contributed by atoms with E-state index in [-0.39, 0.29) is 12.6 Å². The van der Waals surface area contributed by atoms with Crippen molar-refractivity contribution in [3.8, 4) is 0 Å². The van der Waals surface area contributed by atoms with Gasteiger partial charge in [0.25, 0.3) is 0 Å². The third-order valence-electron chi connectivity index (χ3n) is 3.83. The van der Waals surface area contributed by atoms with Gasteiger partial charge in [-0.1, -0.05) is 25.5 Å². The van der Waals surface area contributed by atoms with Gasteiger partial charge in [0.15, 0.2) is 0 Å². The second-order valence-electron chi connectivity index (χ2n) is 5.76. The maximum absolute atomic E-state index is 11.8. The molecular weight excluding hydrogens is 266 g/mol. The number of unbranched alkanes of at least 4 members (excludes halogenated alkanes) is 1. The SMILES string of the molecule is CCCCc1ccc(NC(=O)NC[C@@]2(O)CCNC2)cc1. The molecule has 0 aliphatic carbocycles. The van der Waals surface area contributed by atoms with Gasteiger partial charge in [0.1, 0.15) is 0 Å². The van der Waals surface area contributed by atoms with Crippen molar-refractivity contribution < 1.29 is 9.90 Å². The second-order valence-corrected chi connectivity index (χ2v) is 5.76. The molecule has 0 unspecified atom stereocenters. The third kappa shape index (κ3) is 5.02. The van der Waals surface area contributed by atoms with E-state index in [4.69, 9.17) is 0 Å². The third-order valence-corrected chi connectivity index (χ3v) is 3.83. The summed E-state index contributed by atoms with van der Waals surface area (Å²) in [6.07, 6.45) is 4.10. The van der Waals surface area contributed by atoms with Crippen LogP contribution in [0.5, 0.6) is 0 Å². The number of urea groups is 1. The molecule has 116 valence electrons. The Morgan fingerprint density at radius 2 is 2.14 bits per heavy atom. The summed E-state index contributed by atoms with van der Waals surface area (Å²) in [5, 5.41) is 18.7. The number of aliphatic hydroxyl groups is 1. The van der Waals surface area contributed by atoms with Gasteiger partial charge >= 0.3 is 6.03 Å². The minimum Gasteiger partial charge on any atom is -0.387 e. The Morgan fingerprint density at radius 1 is 1.38 bits per heavy atom. The van der Waals surface area contributed by atoms with Crippen molar-refractivity contribution in [1.29, 1.82) is 0 Å². The van der Waals surface area contributed by atoms with E-state index in [0.717, 1.165) is 18.7 Å². The van der Waals surface area contributed by atoms with Gasteiger partial charge in [0.05, 0.1) is 5.60 Å². The molecule has 2 amide bonds. The molecule has 1 saturated heterocycles. The van der Waals surface area contributed by atoms with Crippen LogP contribution in [0.25, 0.3) is 0 Å². The maximum Gasteiger partial charge on any atom is 0.319 e. The molecule has 0 bridgehead atoms. The van der Waals surface area contributed by atoms with E-state index < -0.39 is 5.60 Å². The van der Waals surface area contributed by atoms with Gasteiger partial charge in [-0.15, -0.1) is 0 Å². The van der Waals surface area contributed by atoms with Crippen molar-refractivity contribution in [2.24, 2.45) is 0 Å². The summed E-state index contributed by atoms with van der Waals surface area (Å²) in [5.41, 5.74) is 1.24. The summed E-state index contributed by atoms with van der Waals surface area (Å²) in [4.78, 5) is 11.8. The van der Waals surface area contributed by atoms with Gasteiger partial charge < -0.3 is 21.1 Å². The molecule has 1 aliphatic rings. The van der Waals surface area contributed by atoms with Crippen LogP contribution in [-0.4, -0.2) is 36.4 Å². The molecule has 1 aliphatic heterocycles. The molecule has 2 rings (SSSR count). The van der Waals surface area contributed by atoms with Crippen LogP contribution in [-0.2, 0) is 6.42 Å². The van der Waals surface area contributed by atoms with Gasteiger partial charge in [-0.2, -0.15) is 0 Å². The van der Waals surface area contributed by atoms with Crippen LogP contribution in [0.2, 0.25) is 0 Å². The highest BCUT2D eigenvalue weighted by molar-refractivity contribution is 5.89. The van der Waals surface area contributed by atoms with Crippen LogP contribution in [0.1, 0.15) is 31.7 Å². The lowest BCUT2D eigenvalue weighted by atomic mass is 10.0. The normalized spacial score (nSPS) is 21.2. The number of β-amino-alcohol motifs (C(OH)–C–C–N with tert-alkyl or cyclic N) is 1. The quantitative estimate of drug-likeness (QED) is 0.646. The van der Waals surface area contributed by atoms with Crippen molar-refractivity contribution in [2.45, 2.75) is 38.2 Å². The molecule has 1 heterocycles. The van der Waals surface area contributed by atoms with E-state index in [2.05, 4.69) is 22.9 Å². The molecule has 0 aromatic heterocycles. The van der Waals surface area contributed by atoms with E-state index in [1.165, 1.54) is 18.4 Å². The lowest BCUT2D eigenvalue weighted by molar-refractivity contribution is 0.0640. The molecule has 0 spiro atoms. The lowest BCUT2D eigenvalue weighted by Gasteiger charge is -2.21. The molecule has 1 aromatic rings. The van der Waals surface area contributed by atoms with Gasteiger partial charge in [0, 0.05) is 18.8 Å². The number of anilines is 1. The van der Waals surface area contributed by atoms with Gasteiger partial charge in [0.2, 0.25) is 0 Å². The Hall–Kier alpha value is -1.59. The predicted molar refractivity (Wildman–Crippen MR) is 84.5 cm³/mol. The fraction of sp³-hybridized carbons (Fsp3) is 0.562. The van der Waals surface area contributed by atoms with Crippen LogP contribution < -0.4 is 16.0 Å². The van der Waals surface area contributed by atoms with Crippen LogP contribution in [0.15, 0.2) is 24.3 Å². The molecule has 0 saturated carbocycles. The second kappa shape index (κ2) is 7.43. The molecule has 5 heteroatoms. The zero-order chi connectivity index (χ0) is 15.1. The Balaban J connectivity index is 1.76. The number of benzene rings is 1. The fourth-order valence-corrected chi connectivity index (χ4v) is 2.44. The van der Waals surface area contributed by atoms with E-state index in [9.17, 15) is 9.90 Å². The number of hydrogen-bond donors (Lipinski definition) is 4. The topological polar surface area (TPSA) is 73.4 Å². The van der Waals surface area contributed by atoms with E-state index in [0.29, 0.717) is 13.0 Å². The van der Waals surface area contributed by atoms with Gasteiger partial charge in [-0.3, -0.25) is 0 Å². The zero-order valence-electron chi connectivity index (χ0n) is 12.6. The van der Waals surface area contributed by atoms with Crippen molar-refractivity contribution in [3.63, 3.8) is 0 Å². The number of amides is 2. The molecule has 21 heavy (non-hydrogen) atoms. The molecule has 0 radical (unpaired) electrons. The lowest BCUT2D eigenvalue weighted by Crippen LogP contribution is -2.45. The van der Waals surface area contributed by atoms with Crippen molar-refractivity contribution in [1.82, 2.24) is 10.6 Å². The van der Waals surface area contributed by atoms with Crippen LogP contribution in [0.3, 0.4) is 0 Å². The van der Waals surface area contributed by atoms with Crippen LogP contribution >= 0.6 is 0 Å². The molecular formula is C16H25N3O2. The Bertz CT molecular complexity index is 453. The highest BCUT2D eigenvalue weighted by Gasteiger charge is 2.31. The van der Waals surface area contributed by atoms with E-state index in [1.807, 2.05) is 24.3 Å². The number of carbonyl (C=O) groups is 1. The first kappa shape index (κ1) is 15.8. The van der Waals surface area contributed by atoms with Gasteiger partial charge in [-0.25, -0.2) is 4.79 Å². The molecule has 4 N–H and O–H groups in total. The molecule has 1 fully saturated rings. The Labute approximate surface area is 126 Å². The first-order valence-corrected chi connectivity index (χ1v) is 7.68. The Kier molecular flexibility index (Phi) is 5.59. The molecule has 5 nitrogen and oxygen atoms in total. The number of aryl methyl sites for hydroxylation is 1. The van der Waals surface area contributed by atoms with E-state index in [1.54, 1.807) is 0 Å². The maximum atomic E-state index is 11.8. The van der Waals surface area contributed by atoms with Crippen LogP contribution in [0, 0.1) is 0 Å². The standard InChI is InChI=1S/C16H25N3O2/c1-2-3-4-13-5-7-14(8-6-13)19-15(20)18-12-16(21)9-10-17-11-16/h5-8,17,21H,2-4,9-12H2,1H3,(H2,18,19,20)/t16-/m1/s1. The number of carbonyl (C=O) groups excluding carboxylic acids is 1.